The number of carbonyl (C=O) groups is 2. The topological polar surface area (TPSA) is 78.2 Å². The molecule has 7 heteroatoms. The van der Waals surface area contributed by atoms with Gasteiger partial charge in [-0.1, -0.05) is 0 Å². The van der Waals surface area contributed by atoms with Crippen LogP contribution in [0.2, 0.25) is 0 Å². The average Bonchev–Trinajstić information content (AvgIpc) is 3.34. The fourth-order valence-electron chi connectivity index (χ4n) is 3.54. The van der Waals surface area contributed by atoms with Crippen molar-refractivity contribution >= 4 is 18.0 Å². The Balaban J connectivity index is 1.62. The molecule has 2 aromatic heterocycles. The maximum atomic E-state index is 12.0. The molecule has 29 heavy (non-hydrogen) atoms. The summed E-state index contributed by atoms with van der Waals surface area (Å²) in [4.78, 5) is 23.9. The lowest BCUT2D eigenvalue weighted by molar-refractivity contribution is -0.144. The molecule has 0 radical (unpaired) electrons. The van der Waals surface area contributed by atoms with Crippen LogP contribution in [0.15, 0.2) is 24.4 Å². The quantitative estimate of drug-likeness (QED) is 0.546. The molecule has 7 nitrogen and oxygen atoms in total. The largest absolute Gasteiger partial charge is 0.452 e. The van der Waals surface area contributed by atoms with Crippen molar-refractivity contribution in [3.8, 4) is 5.82 Å². The van der Waals surface area contributed by atoms with Gasteiger partial charge in [-0.15, -0.1) is 0 Å². The molecule has 0 bridgehead atoms. The number of aryl methyl sites for hydroxylation is 1. The van der Waals surface area contributed by atoms with Gasteiger partial charge in [-0.05, 0) is 71.1 Å². The second-order valence-electron chi connectivity index (χ2n) is 8.02. The molecule has 1 N–H and O–H groups in total. The van der Waals surface area contributed by atoms with Crippen molar-refractivity contribution in [1.29, 1.82) is 0 Å². The Hall–Kier alpha value is -2.83. The standard InChI is InChI=1S/C22H30N4O3/c1-14(2)26-21(10-11-23-26)25-15(3)12-19(17(25)5)8-9-22(28)29-13-20(27)24-16(4)18-6-7-18/h8-12,14,16,18H,6-7,13H2,1-5H3,(H,24,27)/b9-8+/t16-/m1/s1. The normalized spacial score (nSPS) is 15.1. The second kappa shape index (κ2) is 8.68. The minimum Gasteiger partial charge on any atom is -0.452 e. The summed E-state index contributed by atoms with van der Waals surface area (Å²) in [6.45, 7) is 9.92. The van der Waals surface area contributed by atoms with Crippen molar-refractivity contribution in [3.05, 3.63) is 41.4 Å². The van der Waals surface area contributed by atoms with Gasteiger partial charge in [-0.25, -0.2) is 9.48 Å². The SMILES string of the molecule is Cc1cc(/C=C/C(=O)OCC(=O)N[C@H](C)C2CC2)c(C)n1-c1ccnn1C(C)C. The van der Waals surface area contributed by atoms with Crippen molar-refractivity contribution in [2.75, 3.05) is 6.61 Å². The van der Waals surface area contributed by atoms with E-state index in [9.17, 15) is 9.59 Å². The van der Waals surface area contributed by atoms with Gasteiger partial charge in [0.1, 0.15) is 5.82 Å². The minimum atomic E-state index is -0.531. The van der Waals surface area contributed by atoms with E-state index in [2.05, 4.69) is 28.8 Å². The van der Waals surface area contributed by atoms with Crippen LogP contribution < -0.4 is 5.32 Å². The van der Waals surface area contributed by atoms with E-state index in [0.717, 1.165) is 35.6 Å². The number of aromatic nitrogens is 3. The lowest BCUT2D eigenvalue weighted by atomic mass is 10.2. The predicted octanol–water partition coefficient (Wildman–Crippen LogP) is 3.34. The van der Waals surface area contributed by atoms with Gasteiger partial charge in [0.15, 0.2) is 6.61 Å². The highest BCUT2D eigenvalue weighted by Gasteiger charge is 2.28. The number of amides is 1. The summed E-state index contributed by atoms with van der Waals surface area (Å²) in [6, 6.07) is 4.37. The van der Waals surface area contributed by atoms with E-state index in [1.165, 1.54) is 6.08 Å². The molecule has 3 rings (SSSR count). The summed E-state index contributed by atoms with van der Waals surface area (Å²) in [5.74, 6) is 0.762. The Morgan fingerprint density at radius 1 is 1.31 bits per heavy atom. The Morgan fingerprint density at radius 2 is 2.03 bits per heavy atom. The highest BCUT2D eigenvalue weighted by atomic mass is 16.5. The Morgan fingerprint density at radius 3 is 2.69 bits per heavy atom. The maximum absolute atomic E-state index is 12.0. The number of nitrogens with one attached hydrogen (secondary N) is 1. The van der Waals surface area contributed by atoms with Crippen LogP contribution >= 0.6 is 0 Å². The number of ether oxygens (including phenoxy) is 1. The van der Waals surface area contributed by atoms with E-state index < -0.39 is 5.97 Å². The van der Waals surface area contributed by atoms with Gasteiger partial charge >= 0.3 is 5.97 Å². The molecule has 156 valence electrons. The molecule has 1 aliphatic rings. The molecule has 0 aliphatic heterocycles. The van der Waals surface area contributed by atoms with E-state index in [4.69, 9.17) is 4.74 Å². The van der Waals surface area contributed by atoms with Gasteiger partial charge in [0.2, 0.25) is 0 Å². The van der Waals surface area contributed by atoms with E-state index in [0.29, 0.717) is 5.92 Å². The van der Waals surface area contributed by atoms with Gasteiger partial charge in [0.25, 0.3) is 5.91 Å². The molecule has 0 saturated heterocycles. The summed E-state index contributed by atoms with van der Waals surface area (Å²) >= 11 is 0. The summed E-state index contributed by atoms with van der Waals surface area (Å²) < 4.78 is 9.14. The van der Waals surface area contributed by atoms with E-state index in [1.54, 1.807) is 12.3 Å². The van der Waals surface area contributed by atoms with Gasteiger partial charge < -0.3 is 14.6 Å². The van der Waals surface area contributed by atoms with E-state index in [-0.39, 0.29) is 24.6 Å². The van der Waals surface area contributed by atoms with Gasteiger partial charge in [-0.3, -0.25) is 4.79 Å². The summed E-state index contributed by atoms with van der Waals surface area (Å²) in [7, 11) is 0. The van der Waals surface area contributed by atoms with Crippen molar-refractivity contribution in [1.82, 2.24) is 19.7 Å². The number of hydrogen-bond donors (Lipinski definition) is 1. The molecule has 0 unspecified atom stereocenters. The number of hydrogen-bond acceptors (Lipinski definition) is 4. The average molecular weight is 399 g/mol. The smallest absolute Gasteiger partial charge is 0.331 e. The van der Waals surface area contributed by atoms with Crippen LogP contribution in [0.5, 0.6) is 0 Å². The number of nitrogens with zero attached hydrogens (tertiary/aromatic N) is 3. The molecule has 2 heterocycles. The zero-order valence-electron chi connectivity index (χ0n) is 17.8. The molecular formula is C22H30N4O3. The van der Waals surface area contributed by atoms with Gasteiger partial charge in [0.05, 0.1) is 6.20 Å². The molecule has 1 atom stereocenters. The van der Waals surface area contributed by atoms with Crippen LogP contribution in [0.25, 0.3) is 11.9 Å². The maximum Gasteiger partial charge on any atom is 0.331 e. The second-order valence-corrected chi connectivity index (χ2v) is 8.02. The Kier molecular flexibility index (Phi) is 6.25. The third-order valence-electron chi connectivity index (χ3n) is 5.30. The van der Waals surface area contributed by atoms with E-state index >= 15 is 0 Å². The number of rotatable bonds is 8. The highest BCUT2D eigenvalue weighted by Crippen LogP contribution is 2.32. The fraction of sp³-hybridized carbons (Fsp3) is 0.500. The van der Waals surface area contributed by atoms with Crippen LogP contribution in [0, 0.1) is 19.8 Å². The molecule has 1 saturated carbocycles. The zero-order chi connectivity index (χ0) is 21.1. The first-order valence-electron chi connectivity index (χ1n) is 10.1. The lowest BCUT2D eigenvalue weighted by Gasteiger charge is -2.15. The van der Waals surface area contributed by atoms with E-state index in [1.807, 2.05) is 37.6 Å². The Bertz CT molecular complexity index is 919. The number of carbonyl (C=O) groups excluding carboxylic acids is 2. The molecule has 1 aliphatic carbocycles. The monoisotopic (exact) mass is 398 g/mol. The summed E-state index contributed by atoms with van der Waals surface area (Å²) in [5, 5.41) is 7.27. The molecule has 1 amide bonds. The molecule has 2 aromatic rings. The van der Waals surface area contributed by atoms with Crippen molar-refractivity contribution in [2.24, 2.45) is 5.92 Å². The van der Waals surface area contributed by atoms with Crippen molar-refractivity contribution in [3.63, 3.8) is 0 Å². The minimum absolute atomic E-state index is 0.140. The molecule has 0 aromatic carbocycles. The van der Waals surface area contributed by atoms with Crippen molar-refractivity contribution in [2.45, 2.75) is 59.5 Å². The van der Waals surface area contributed by atoms with Crippen LogP contribution in [-0.4, -0.2) is 38.9 Å². The Labute approximate surface area is 171 Å². The summed E-state index contributed by atoms with van der Waals surface area (Å²) in [6.07, 6.45) is 7.18. The van der Waals surface area contributed by atoms with Crippen LogP contribution in [0.4, 0.5) is 0 Å². The lowest BCUT2D eigenvalue weighted by Crippen LogP contribution is -2.36. The third kappa shape index (κ3) is 4.96. The first-order chi connectivity index (χ1) is 13.8. The highest BCUT2D eigenvalue weighted by molar-refractivity contribution is 5.89. The molecular weight excluding hydrogens is 368 g/mol. The number of esters is 1. The third-order valence-corrected chi connectivity index (χ3v) is 5.30. The van der Waals surface area contributed by atoms with Crippen LogP contribution in [0.3, 0.4) is 0 Å². The molecule has 0 spiro atoms. The van der Waals surface area contributed by atoms with Gasteiger partial charge in [-0.2, -0.15) is 5.10 Å². The first kappa shape index (κ1) is 20.9. The van der Waals surface area contributed by atoms with Crippen LogP contribution in [0.1, 0.15) is 56.6 Å². The van der Waals surface area contributed by atoms with Gasteiger partial charge in [0, 0.05) is 35.6 Å². The fourth-order valence-corrected chi connectivity index (χ4v) is 3.54. The van der Waals surface area contributed by atoms with Crippen molar-refractivity contribution < 1.29 is 14.3 Å². The van der Waals surface area contributed by atoms with Crippen LogP contribution in [-0.2, 0) is 14.3 Å². The summed E-state index contributed by atoms with van der Waals surface area (Å²) in [5.41, 5.74) is 2.97. The predicted molar refractivity (Wildman–Crippen MR) is 112 cm³/mol. The zero-order valence-corrected chi connectivity index (χ0v) is 17.8. The molecule has 1 fully saturated rings. The first-order valence-corrected chi connectivity index (χ1v) is 10.1.